The third-order valence-corrected chi connectivity index (χ3v) is 2.64. The van der Waals surface area contributed by atoms with E-state index in [4.69, 9.17) is 5.41 Å². The van der Waals surface area contributed by atoms with E-state index in [0.717, 1.165) is 9.61 Å². The Balaban J connectivity index is 2.55. The number of hydrogen-bond donors (Lipinski definition) is 2. The van der Waals surface area contributed by atoms with Crippen LogP contribution < -0.4 is 5.32 Å². The number of halogens is 1. The second kappa shape index (κ2) is 4.37. The predicted octanol–water partition coefficient (Wildman–Crippen LogP) is 2.83. The fourth-order valence-electron chi connectivity index (χ4n) is 0.528. The van der Waals surface area contributed by atoms with Crippen LogP contribution in [0.1, 0.15) is 6.92 Å². The molecule has 0 spiro atoms. The number of aromatic nitrogens is 1. The van der Waals surface area contributed by atoms with Crippen molar-refractivity contribution in [2.75, 3.05) is 5.32 Å². The number of allylic oxidation sites excluding steroid dienone is 1. The number of thiazole rings is 1. The van der Waals surface area contributed by atoms with E-state index in [1.807, 2.05) is 5.38 Å². The maximum Gasteiger partial charge on any atom is 0.186 e. The molecule has 0 aliphatic carbocycles. The summed E-state index contributed by atoms with van der Waals surface area (Å²) in [4.78, 5) is 4.02. The molecule has 0 aliphatic heterocycles. The average Bonchev–Trinajstić information content (AvgIpc) is 2.51. The Bertz CT molecular complexity index is 292. The van der Waals surface area contributed by atoms with Crippen molar-refractivity contribution < 1.29 is 0 Å². The van der Waals surface area contributed by atoms with E-state index >= 15 is 0 Å². The van der Waals surface area contributed by atoms with E-state index in [1.54, 1.807) is 19.3 Å². The summed E-state index contributed by atoms with van der Waals surface area (Å²) < 4.78 is 0.734. The topological polar surface area (TPSA) is 48.8 Å². The van der Waals surface area contributed by atoms with E-state index in [9.17, 15) is 0 Å². The fourth-order valence-corrected chi connectivity index (χ4v) is 1.14. The molecule has 0 aromatic carbocycles. The van der Waals surface area contributed by atoms with Crippen molar-refractivity contribution >= 4 is 38.1 Å². The molecular formula is C7H8BrN3S. The summed E-state index contributed by atoms with van der Waals surface area (Å²) in [5, 5.41) is 12.9. The fraction of sp³-hybridized carbons (Fsp3) is 0.143. The minimum atomic E-state index is 0.485. The maximum absolute atomic E-state index is 7.26. The van der Waals surface area contributed by atoms with Gasteiger partial charge in [-0.3, -0.25) is 0 Å². The van der Waals surface area contributed by atoms with Gasteiger partial charge >= 0.3 is 0 Å². The normalized spacial score (nSPS) is 11.3. The summed E-state index contributed by atoms with van der Waals surface area (Å²) in [5.74, 6) is 0. The Kier molecular flexibility index (Phi) is 3.43. The van der Waals surface area contributed by atoms with Crippen LogP contribution in [0.4, 0.5) is 5.13 Å². The molecule has 3 nitrogen and oxygen atoms in total. The second-order valence-corrected chi connectivity index (χ2v) is 3.85. The summed E-state index contributed by atoms with van der Waals surface area (Å²) in [5.41, 5.74) is 0.485. The molecule has 0 saturated carbocycles. The first-order valence-electron chi connectivity index (χ1n) is 3.27. The zero-order valence-electron chi connectivity index (χ0n) is 6.47. The van der Waals surface area contributed by atoms with Crippen LogP contribution in [0, 0.1) is 5.41 Å². The van der Waals surface area contributed by atoms with Crippen LogP contribution in [0.5, 0.6) is 0 Å². The Morgan fingerprint density at radius 3 is 3.08 bits per heavy atom. The number of nitrogens with zero attached hydrogens (tertiary/aromatic N) is 1. The first kappa shape index (κ1) is 9.41. The van der Waals surface area contributed by atoms with E-state index in [2.05, 4.69) is 26.2 Å². The van der Waals surface area contributed by atoms with Gasteiger partial charge in [0.25, 0.3) is 0 Å². The van der Waals surface area contributed by atoms with Crippen molar-refractivity contribution in [1.82, 2.24) is 4.98 Å². The van der Waals surface area contributed by atoms with E-state index < -0.39 is 0 Å². The van der Waals surface area contributed by atoms with Gasteiger partial charge in [0.1, 0.15) is 0 Å². The van der Waals surface area contributed by atoms with Crippen LogP contribution in [0.2, 0.25) is 0 Å². The van der Waals surface area contributed by atoms with Gasteiger partial charge in [0.2, 0.25) is 0 Å². The van der Waals surface area contributed by atoms with Gasteiger partial charge < -0.3 is 10.7 Å². The van der Waals surface area contributed by atoms with Crippen LogP contribution >= 0.6 is 27.3 Å². The molecule has 1 rings (SSSR count). The van der Waals surface area contributed by atoms with Crippen molar-refractivity contribution in [2.45, 2.75) is 6.92 Å². The Morgan fingerprint density at radius 1 is 1.83 bits per heavy atom. The highest BCUT2D eigenvalue weighted by atomic mass is 79.9. The summed E-state index contributed by atoms with van der Waals surface area (Å²) in [6.07, 6.45) is 3.44. The average molecular weight is 246 g/mol. The monoisotopic (exact) mass is 245 g/mol. The summed E-state index contributed by atoms with van der Waals surface area (Å²) in [6, 6.07) is 0. The van der Waals surface area contributed by atoms with Crippen LogP contribution in [0.25, 0.3) is 0 Å². The highest BCUT2D eigenvalue weighted by molar-refractivity contribution is 9.12. The molecule has 0 atom stereocenters. The van der Waals surface area contributed by atoms with Gasteiger partial charge in [0, 0.05) is 23.5 Å². The third-order valence-electron chi connectivity index (χ3n) is 1.11. The Hall–Kier alpha value is -0.680. The predicted molar refractivity (Wildman–Crippen MR) is 56.1 cm³/mol. The lowest BCUT2D eigenvalue weighted by molar-refractivity contribution is 1.39. The molecule has 1 aromatic rings. The molecule has 0 amide bonds. The summed E-state index contributed by atoms with van der Waals surface area (Å²) >= 11 is 4.76. The van der Waals surface area contributed by atoms with Gasteiger partial charge in [0.05, 0.1) is 4.48 Å². The van der Waals surface area contributed by atoms with Crippen LogP contribution in [-0.4, -0.2) is 10.7 Å². The molecule has 0 fully saturated rings. The molecule has 0 aliphatic rings. The number of nitrogens with one attached hydrogen (secondary N) is 2. The zero-order chi connectivity index (χ0) is 8.97. The molecule has 64 valence electrons. The molecule has 0 bridgehead atoms. The second-order valence-electron chi connectivity index (χ2n) is 2.10. The number of hydrogen-bond acceptors (Lipinski definition) is 4. The highest BCUT2D eigenvalue weighted by Crippen LogP contribution is 2.12. The van der Waals surface area contributed by atoms with Crippen LogP contribution in [0.15, 0.2) is 22.3 Å². The minimum absolute atomic E-state index is 0.485. The molecule has 12 heavy (non-hydrogen) atoms. The number of anilines is 1. The van der Waals surface area contributed by atoms with Crippen molar-refractivity contribution in [3.63, 3.8) is 0 Å². The summed E-state index contributed by atoms with van der Waals surface area (Å²) in [7, 11) is 0. The lowest BCUT2D eigenvalue weighted by atomic mass is 10.4. The van der Waals surface area contributed by atoms with Gasteiger partial charge in [-0.25, -0.2) is 4.98 Å². The molecule has 1 aromatic heterocycles. The van der Waals surface area contributed by atoms with Crippen LogP contribution in [0.3, 0.4) is 0 Å². The SMILES string of the molecule is CC(=N)/C(Br)=C\Nc1nccs1. The Labute approximate surface area is 83.2 Å². The molecule has 0 unspecified atom stereocenters. The highest BCUT2D eigenvalue weighted by Gasteiger charge is 1.94. The molecular weight excluding hydrogens is 238 g/mol. The van der Waals surface area contributed by atoms with Crippen molar-refractivity contribution in [1.29, 1.82) is 5.41 Å². The van der Waals surface area contributed by atoms with Gasteiger partial charge in [-0.15, -0.1) is 11.3 Å². The standard InChI is InChI=1S/C7H8BrN3S/c1-5(9)6(8)4-11-7-10-2-3-12-7/h2-4,9H,1H3,(H,10,11)/b6-4+,9-5?. The van der Waals surface area contributed by atoms with Crippen molar-refractivity contribution in [3.05, 3.63) is 22.3 Å². The van der Waals surface area contributed by atoms with Gasteiger partial charge in [-0.1, -0.05) is 0 Å². The number of rotatable bonds is 3. The van der Waals surface area contributed by atoms with E-state index in [0.29, 0.717) is 5.71 Å². The molecule has 1 heterocycles. The maximum atomic E-state index is 7.26. The molecule has 0 radical (unpaired) electrons. The third kappa shape index (κ3) is 2.75. The van der Waals surface area contributed by atoms with E-state index in [1.165, 1.54) is 11.3 Å². The van der Waals surface area contributed by atoms with Crippen molar-refractivity contribution in [3.8, 4) is 0 Å². The summed E-state index contributed by atoms with van der Waals surface area (Å²) in [6.45, 7) is 1.71. The Morgan fingerprint density at radius 2 is 2.58 bits per heavy atom. The first-order valence-corrected chi connectivity index (χ1v) is 4.94. The zero-order valence-corrected chi connectivity index (χ0v) is 8.87. The molecule has 5 heteroatoms. The lowest BCUT2D eigenvalue weighted by Gasteiger charge is -1.95. The quantitative estimate of drug-likeness (QED) is 0.805. The smallest absolute Gasteiger partial charge is 0.186 e. The molecule has 2 N–H and O–H groups in total. The van der Waals surface area contributed by atoms with Crippen LogP contribution in [-0.2, 0) is 0 Å². The minimum Gasteiger partial charge on any atom is -0.337 e. The van der Waals surface area contributed by atoms with Gasteiger partial charge in [-0.2, -0.15) is 0 Å². The van der Waals surface area contributed by atoms with Crippen molar-refractivity contribution in [2.24, 2.45) is 0 Å². The van der Waals surface area contributed by atoms with Gasteiger partial charge in [-0.05, 0) is 22.9 Å². The first-order chi connectivity index (χ1) is 5.70. The molecule has 0 saturated heterocycles. The lowest BCUT2D eigenvalue weighted by Crippen LogP contribution is -1.92. The van der Waals surface area contributed by atoms with E-state index in [-0.39, 0.29) is 0 Å². The van der Waals surface area contributed by atoms with Gasteiger partial charge in [0.15, 0.2) is 5.13 Å². The largest absolute Gasteiger partial charge is 0.337 e.